The van der Waals surface area contributed by atoms with Gasteiger partial charge in [-0.2, -0.15) is 5.10 Å². The van der Waals surface area contributed by atoms with Crippen molar-refractivity contribution in [1.29, 1.82) is 0 Å². The van der Waals surface area contributed by atoms with Crippen LogP contribution >= 0.6 is 27.3 Å². The first-order chi connectivity index (χ1) is 9.19. The fraction of sp³-hybridized carbons (Fsp3) is 0.385. The van der Waals surface area contributed by atoms with E-state index in [1.165, 1.54) is 4.88 Å². The third-order valence-corrected chi connectivity index (χ3v) is 4.35. The summed E-state index contributed by atoms with van der Waals surface area (Å²) in [7, 11) is 2.03. The predicted octanol–water partition coefficient (Wildman–Crippen LogP) is 3.05. The lowest BCUT2D eigenvalue weighted by Crippen LogP contribution is -2.18. The number of hydrogen-bond acceptors (Lipinski definition) is 5. The highest BCUT2D eigenvalue weighted by Gasteiger charge is 2.06. The smallest absolute Gasteiger partial charge is 0.151 e. The monoisotopic (exact) mass is 340 g/mol. The number of rotatable bonds is 6. The molecule has 0 radical (unpaired) electrons. The zero-order valence-electron chi connectivity index (χ0n) is 11.1. The molecule has 0 amide bonds. The van der Waals surface area contributed by atoms with Crippen LogP contribution in [0.1, 0.15) is 17.5 Å². The number of nitrogens with one attached hydrogen (secondary N) is 1. The van der Waals surface area contributed by atoms with E-state index >= 15 is 0 Å². The molecule has 0 aliphatic carbocycles. The van der Waals surface area contributed by atoms with Crippen LogP contribution in [0, 0.1) is 0 Å². The Bertz CT molecular complexity index is 512. The Morgan fingerprint density at radius 1 is 1.37 bits per heavy atom. The molecule has 0 unspecified atom stereocenters. The average molecular weight is 341 g/mol. The van der Waals surface area contributed by atoms with Gasteiger partial charge in [0, 0.05) is 28.3 Å². The fourth-order valence-electron chi connectivity index (χ4n) is 1.66. The van der Waals surface area contributed by atoms with E-state index in [1.54, 1.807) is 11.3 Å². The largest absolute Gasteiger partial charge is 0.353 e. The first-order valence-corrected chi connectivity index (χ1v) is 7.83. The van der Waals surface area contributed by atoms with Crippen LogP contribution in [0.3, 0.4) is 0 Å². The second-order valence-corrected chi connectivity index (χ2v) is 6.16. The molecule has 0 saturated carbocycles. The van der Waals surface area contributed by atoms with Gasteiger partial charge >= 0.3 is 0 Å². The quantitative estimate of drug-likeness (QED) is 0.877. The molecule has 2 rings (SSSR count). The summed E-state index contributed by atoms with van der Waals surface area (Å²) in [6.45, 7) is 4.63. The molecule has 0 atom stereocenters. The zero-order valence-corrected chi connectivity index (χ0v) is 13.5. The Morgan fingerprint density at radius 2 is 2.21 bits per heavy atom. The molecule has 4 nitrogen and oxygen atoms in total. The maximum Gasteiger partial charge on any atom is 0.151 e. The normalized spacial score (nSPS) is 10.7. The summed E-state index contributed by atoms with van der Waals surface area (Å²) in [5.74, 6) is 0.893. The van der Waals surface area contributed by atoms with Crippen LogP contribution in [0.4, 0.5) is 5.82 Å². The van der Waals surface area contributed by atoms with Gasteiger partial charge in [-0.25, -0.2) is 0 Å². The van der Waals surface area contributed by atoms with E-state index < -0.39 is 0 Å². The third kappa shape index (κ3) is 4.26. The van der Waals surface area contributed by atoms with Crippen molar-refractivity contribution in [3.63, 3.8) is 0 Å². The summed E-state index contributed by atoms with van der Waals surface area (Å²) in [6, 6.07) is 6.17. The predicted molar refractivity (Wildman–Crippen MR) is 83.5 cm³/mol. The Hall–Kier alpha value is -0.980. The maximum atomic E-state index is 4.26. The number of anilines is 1. The lowest BCUT2D eigenvalue weighted by atomic mass is 10.3. The van der Waals surface area contributed by atoms with Gasteiger partial charge in [-0.1, -0.05) is 6.92 Å². The van der Waals surface area contributed by atoms with Crippen LogP contribution in [0.5, 0.6) is 0 Å². The van der Waals surface area contributed by atoms with E-state index in [0.717, 1.165) is 35.6 Å². The number of halogens is 1. The van der Waals surface area contributed by atoms with Gasteiger partial charge < -0.3 is 10.2 Å². The first kappa shape index (κ1) is 14.4. The van der Waals surface area contributed by atoms with Crippen molar-refractivity contribution < 1.29 is 0 Å². The molecule has 19 heavy (non-hydrogen) atoms. The van der Waals surface area contributed by atoms with Gasteiger partial charge in [0.1, 0.15) is 0 Å². The molecular formula is C13H17BrN4S. The van der Waals surface area contributed by atoms with E-state index in [2.05, 4.69) is 54.7 Å². The number of thiophene rings is 1. The minimum Gasteiger partial charge on any atom is -0.353 e. The maximum absolute atomic E-state index is 4.26. The number of aromatic nitrogens is 2. The van der Waals surface area contributed by atoms with Crippen molar-refractivity contribution in [2.45, 2.75) is 20.0 Å². The van der Waals surface area contributed by atoms with Crippen molar-refractivity contribution in [2.75, 3.05) is 18.5 Å². The molecule has 0 saturated heterocycles. The van der Waals surface area contributed by atoms with Crippen molar-refractivity contribution in [1.82, 2.24) is 15.5 Å². The van der Waals surface area contributed by atoms with Gasteiger partial charge in [0.25, 0.3) is 0 Å². The van der Waals surface area contributed by atoms with Crippen LogP contribution in [-0.4, -0.2) is 23.8 Å². The lowest BCUT2D eigenvalue weighted by molar-refractivity contribution is 0.696. The van der Waals surface area contributed by atoms with Gasteiger partial charge in [-0.15, -0.1) is 16.4 Å². The molecule has 0 spiro atoms. The van der Waals surface area contributed by atoms with Gasteiger partial charge in [-0.3, -0.25) is 0 Å². The van der Waals surface area contributed by atoms with Crippen LogP contribution in [-0.2, 0) is 13.1 Å². The van der Waals surface area contributed by atoms with Crippen molar-refractivity contribution >= 4 is 33.1 Å². The summed E-state index contributed by atoms with van der Waals surface area (Å²) in [6.07, 6.45) is 0. The summed E-state index contributed by atoms with van der Waals surface area (Å²) in [4.78, 5) is 3.40. The standard InChI is InChI=1S/C13H17BrN4S/c1-3-15-7-11-4-5-13(17-16-11)18(2)8-12-6-10(14)9-19-12/h4-6,9,15H,3,7-8H2,1-2H3. The summed E-state index contributed by atoms with van der Waals surface area (Å²) in [5, 5.41) is 13.8. The SMILES string of the molecule is CCNCc1ccc(N(C)Cc2cc(Br)cs2)nn1. The molecule has 2 heterocycles. The van der Waals surface area contributed by atoms with Crippen LogP contribution in [0.2, 0.25) is 0 Å². The van der Waals surface area contributed by atoms with Crippen molar-refractivity contribution in [3.05, 3.63) is 38.6 Å². The Labute approximate surface area is 126 Å². The highest BCUT2D eigenvalue weighted by Crippen LogP contribution is 2.22. The van der Waals surface area contributed by atoms with Gasteiger partial charge in [-0.05, 0) is 40.7 Å². The molecule has 1 N–H and O–H groups in total. The third-order valence-electron chi connectivity index (χ3n) is 2.67. The average Bonchev–Trinajstić information content (AvgIpc) is 2.82. The van der Waals surface area contributed by atoms with E-state index in [1.807, 2.05) is 19.2 Å². The van der Waals surface area contributed by atoms with Gasteiger partial charge in [0.2, 0.25) is 0 Å². The van der Waals surface area contributed by atoms with Gasteiger partial charge in [0.05, 0.1) is 12.2 Å². The second kappa shape index (κ2) is 6.98. The summed E-state index contributed by atoms with van der Waals surface area (Å²) < 4.78 is 1.13. The summed E-state index contributed by atoms with van der Waals surface area (Å²) >= 11 is 5.21. The second-order valence-electron chi connectivity index (χ2n) is 4.25. The molecule has 6 heteroatoms. The van der Waals surface area contributed by atoms with Crippen molar-refractivity contribution in [3.8, 4) is 0 Å². The Balaban J connectivity index is 1.97. The first-order valence-electron chi connectivity index (χ1n) is 6.16. The van der Waals surface area contributed by atoms with Crippen molar-refractivity contribution in [2.24, 2.45) is 0 Å². The molecule has 0 aliphatic rings. The van der Waals surface area contributed by atoms with Crippen LogP contribution in [0.15, 0.2) is 28.1 Å². The molecule has 2 aromatic rings. The number of nitrogens with zero attached hydrogens (tertiary/aromatic N) is 3. The molecule has 2 aromatic heterocycles. The molecule has 0 aromatic carbocycles. The van der Waals surface area contributed by atoms with E-state index in [9.17, 15) is 0 Å². The lowest BCUT2D eigenvalue weighted by Gasteiger charge is -2.16. The summed E-state index contributed by atoms with van der Waals surface area (Å²) in [5.41, 5.74) is 0.970. The highest BCUT2D eigenvalue weighted by molar-refractivity contribution is 9.10. The van der Waals surface area contributed by atoms with Crippen LogP contribution < -0.4 is 10.2 Å². The van der Waals surface area contributed by atoms with Gasteiger partial charge in [0.15, 0.2) is 5.82 Å². The molecular weight excluding hydrogens is 324 g/mol. The molecule has 0 aliphatic heterocycles. The van der Waals surface area contributed by atoms with E-state index in [-0.39, 0.29) is 0 Å². The van der Waals surface area contributed by atoms with Crippen LogP contribution in [0.25, 0.3) is 0 Å². The number of hydrogen-bond donors (Lipinski definition) is 1. The Kier molecular flexibility index (Phi) is 5.30. The highest BCUT2D eigenvalue weighted by atomic mass is 79.9. The minimum atomic E-state index is 0.769. The molecule has 102 valence electrons. The Morgan fingerprint density at radius 3 is 2.79 bits per heavy atom. The minimum absolute atomic E-state index is 0.769. The molecule has 0 fully saturated rings. The van der Waals surface area contributed by atoms with E-state index in [4.69, 9.17) is 0 Å². The topological polar surface area (TPSA) is 41.0 Å². The zero-order chi connectivity index (χ0) is 13.7. The fourth-order valence-corrected chi connectivity index (χ4v) is 3.16. The van der Waals surface area contributed by atoms with E-state index in [0.29, 0.717) is 0 Å². The molecule has 0 bridgehead atoms.